The smallest absolute Gasteiger partial charge is 0.171 e. The molecular formula is C9H5ClF6. The van der Waals surface area contributed by atoms with E-state index in [9.17, 15) is 26.3 Å². The molecule has 90 valence electrons. The molecule has 0 atom stereocenters. The van der Waals surface area contributed by atoms with Crippen LogP contribution < -0.4 is 0 Å². The molecule has 0 N–H and O–H groups in total. The molecule has 0 heterocycles. The van der Waals surface area contributed by atoms with Crippen LogP contribution in [0.4, 0.5) is 26.3 Å². The summed E-state index contributed by atoms with van der Waals surface area (Å²) in [5.41, 5.74) is -2.18. The molecule has 16 heavy (non-hydrogen) atoms. The predicted molar refractivity (Wildman–Crippen MR) is 46.2 cm³/mol. The van der Waals surface area contributed by atoms with Crippen molar-refractivity contribution in [3.8, 4) is 0 Å². The maximum Gasteiger partial charge on any atom is 0.416 e. The molecule has 1 aromatic rings. The van der Waals surface area contributed by atoms with Gasteiger partial charge < -0.3 is 0 Å². The minimum Gasteiger partial charge on any atom is -0.171 e. The van der Waals surface area contributed by atoms with Crippen molar-refractivity contribution in [3.05, 3.63) is 34.3 Å². The van der Waals surface area contributed by atoms with Gasteiger partial charge in [-0.25, -0.2) is 0 Å². The van der Waals surface area contributed by atoms with E-state index in [0.29, 0.717) is 6.07 Å². The van der Waals surface area contributed by atoms with Gasteiger partial charge in [0.2, 0.25) is 0 Å². The zero-order valence-electron chi connectivity index (χ0n) is 7.58. The molecule has 0 amide bonds. The van der Waals surface area contributed by atoms with Crippen LogP contribution in [0.5, 0.6) is 0 Å². The number of hydrogen-bond donors (Lipinski definition) is 0. The first kappa shape index (κ1) is 13.2. The summed E-state index contributed by atoms with van der Waals surface area (Å²) in [6.07, 6.45) is -11.2. The highest BCUT2D eigenvalue weighted by Gasteiger charge is 2.37. The van der Waals surface area contributed by atoms with Crippen molar-refractivity contribution in [2.24, 2.45) is 0 Å². The number of alkyl halides is 6. The molecule has 0 aliphatic carbocycles. The van der Waals surface area contributed by atoms with Crippen molar-refractivity contribution in [3.63, 3.8) is 0 Å². The summed E-state index contributed by atoms with van der Waals surface area (Å²) in [5.74, 6) is 0. The van der Waals surface area contributed by atoms with Crippen molar-refractivity contribution in [2.45, 2.75) is 18.8 Å². The van der Waals surface area contributed by atoms with Gasteiger partial charge >= 0.3 is 12.4 Å². The van der Waals surface area contributed by atoms with Gasteiger partial charge in [-0.1, -0.05) is 17.7 Å². The average Bonchev–Trinajstić information content (AvgIpc) is 2.04. The van der Waals surface area contributed by atoms with Gasteiger partial charge in [0.05, 0.1) is 12.0 Å². The van der Waals surface area contributed by atoms with Crippen LogP contribution in [0.1, 0.15) is 11.1 Å². The third kappa shape index (κ3) is 3.59. The topological polar surface area (TPSA) is 0 Å². The Morgan fingerprint density at radius 3 is 2.00 bits per heavy atom. The Bertz CT molecular complexity index is 379. The quantitative estimate of drug-likeness (QED) is 0.655. The normalized spacial score (nSPS) is 12.9. The lowest BCUT2D eigenvalue weighted by Gasteiger charge is -2.14. The summed E-state index contributed by atoms with van der Waals surface area (Å²) in [6.45, 7) is 0. The second kappa shape index (κ2) is 4.16. The Morgan fingerprint density at radius 2 is 1.56 bits per heavy atom. The Kier molecular flexibility index (Phi) is 3.42. The summed E-state index contributed by atoms with van der Waals surface area (Å²) in [5, 5.41) is -0.252. The van der Waals surface area contributed by atoms with Gasteiger partial charge in [-0.2, -0.15) is 26.3 Å². The molecule has 0 nitrogen and oxygen atoms in total. The highest BCUT2D eigenvalue weighted by molar-refractivity contribution is 6.30. The van der Waals surface area contributed by atoms with Gasteiger partial charge in [-0.15, -0.1) is 0 Å². The Hall–Kier alpha value is -0.910. The highest BCUT2D eigenvalue weighted by Crippen LogP contribution is 2.36. The minimum atomic E-state index is -4.84. The fraction of sp³-hybridized carbons (Fsp3) is 0.333. The highest BCUT2D eigenvalue weighted by atomic mass is 35.5. The van der Waals surface area contributed by atoms with Crippen molar-refractivity contribution < 1.29 is 26.3 Å². The van der Waals surface area contributed by atoms with Crippen LogP contribution in [-0.2, 0) is 12.6 Å². The Morgan fingerprint density at radius 1 is 1.00 bits per heavy atom. The lowest BCUT2D eigenvalue weighted by atomic mass is 10.0. The van der Waals surface area contributed by atoms with E-state index in [1.54, 1.807) is 0 Å². The fourth-order valence-electron chi connectivity index (χ4n) is 1.18. The van der Waals surface area contributed by atoms with E-state index in [2.05, 4.69) is 0 Å². The molecule has 0 aliphatic heterocycles. The Balaban J connectivity index is 3.19. The van der Waals surface area contributed by atoms with Crippen LogP contribution >= 0.6 is 11.6 Å². The first-order valence-electron chi connectivity index (χ1n) is 4.02. The Labute approximate surface area is 91.8 Å². The third-order valence-corrected chi connectivity index (χ3v) is 2.00. The summed E-state index contributed by atoms with van der Waals surface area (Å²) in [6, 6.07) is 2.22. The number of halogens is 7. The fourth-order valence-corrected chi connectivity index (χ4v) is 1.35. The van der Waals surface area contributed by atoms with E-state index in [0.717, 1.165) is 12.1 Å². The third-order valence-electron chi connectivity index (χ3n) is 1.77. The zero-order chi connectivity index (χ0) is 12.6. The van der Waals surface area contributed by atoms with Gasteiger partial charge in [0.25, 0.3) is 0 Å². The standard InChI is InChI=1S/C9H5ClF6/c10-6-2-1-5(4-8(11,12)13)7(3-6)9(14,15)16/h1-3H,4H2. The van der Waals surface area contributed by atoms with E-state index < -0.39 is 29.9 Å². The largest absolute Gasteiger partial charge is 0.416 e. The predicted octanol–water partition coefficient (Wildman–Crippen LogP) is 4.46. The molecule has 0 aromatic heterocycles. The van der Waals surface area contributed by atoms with Crippen LogP contribution in [0.15, 0.2) is 18.2 Å². The molecule has 1 aromatic carbocycles. The van der Waals surface area contributed by atoms with E-state index in [-0.39, 0.29) is 5.02 Å². The minimum absolute atomic E-state index is 0.252. The maximum absolute atomic E-state index is 12.4. The van der Waals surface area contributed by atoms with Crippen LogP contribution in [0.2, 0.25) is 5.02 Å². The summed E-state index contributed by atoms with van der Waals surface area (Å²) >= 11 is 5.31. The van der Waals surface area contributed by atoms with Crippen molar-refractivity contribution in [2.75, 3.05) is 0 Å². The molecule has 0 spiro atoms. The SMILES string of the molecule is FC(F)(F)Cc1ccc(Cl)cc1C(F)(F)F. The average molecular weight is 263 g/mol. The number of hydrogen-bond acceptors (Lipinski definition) is 0. The molecule has 0 radical (unpaired) electrons. The van der Waals surface area contributed by atoms with Gasteiger partial charge in [-0.3, -0.25) is 0 Å². The van der Waals surface area contributed by atoms with E-state index in [1.165, 1.54) is 0 Å². The monoisotopic (exact) mass is 262 g/mol. The molecule has 0 saturated carbocycles. The molecule has 1 rings (SSSR count). The number of rotatable bonds is 1. The second-order valence-corrected chi connectivity index (χ2v) is 3.53. The van der Waals surface area contributed by atoms with E-state index >= 15 is 0 Å². The van der Waals surface area contributed by atoms with Crippen LogP contribution in [0.3, 0.4) is 0 Å². The van der Waals surface area contributed by atoms with Crippen molar-refractivity contribution in [1.82, 2.24) is 0 Å². The van der Waals surface area contributed by atoms with Crippen LogP contribution in [0.25, 0.3) is 0 Å². The van der Waals surface area contributed by atoms with Gasteiger partial charge in [0, 0.05) is 5.02 Å². The van der Waals surface area contributed by atoms with E-state index in [4.69, 9.17) is 11.6 Å². The zero-order valence-corrected chi connectivity index (χ0v) is 8.34. The van der Waals surface area contributed by atoms with Crippen LogP contribution in [-0.4, -0.2) is 6.18 Å². The maximum atomic E-state index is 12.4. The first-order valence-corrected chi connectivity index (χ1v) is 4.40. The first-order chi connectivity index (χ1) is 7.09. The molecule has 7 heteroatoms. The second-order valence-electron chi connectivity index (χ2n) is 3.09. The van der Waals surface area contributed by atoms with Crippen molar-refractivity contribution >= 4 is 11.6 Å². The lowest BCUT2D eigenvalue weighted by molar-refractivity contribution is -0.143. The molecular weight excluding hydrogens is 258 g/mol. The molecule has 0 aliphatic rings. The molecule has 0 unspecified atom stereocenters. The van der Waals surface area contributed by atoms with E-state index in [1.807, 2.05) is 0 Å². The van der Waals surface area contributed by atoms with Gasteiger partial charge in [0.15, 0.2) is 0 Å². The van der Waals surface area contributed by atoms with Crippen molar-refractivity contribution in [1.29, 1.82) is 0 Å². The summed E-state index contributed by atoms with van der Waals surface area (Å²) in [4.78, 5) is 0. The molecule has 0 bridgehead atoms. The summed E-state index contributed by atoms with van der Waals surface area (Å²) < 4.78 is 73.2. The van der Waals surface area contributed by atoms with Gasteiger partial charge in [-0.05, 0) is 17.7 Å². The molecule has 0 fully saturated rings. The molecule has 0 saturated heterocycles. The number of benzene rings is 1. The van der Waals surface area contributed by atoms with Crippen LogP contribution in [0, 0.1) is 0 Å². The van der Waals surface area contributed by atoms with Gasteiger partial charge in [0.1, 0.15) is 0 Å². The lowest BCUT2D eigenvalue weighted by Crippen LogP contribution is -2.17. The summed E-state index contributed by atoms with van der Waals surface area (Å²) in [7, 11) is 0.